The van der Waals surface area contributed by atoms with E-state index in [1.807, 2.05) is 10.7 Å². The molecule has 14 heavy (non-hydrogen) atoms. The molecular formula is C10H10N4. The topological polar surface area (TPSA) is 43.6 Å². The first-order chi connectivity index (χ1) is 6.95. The van der Waals surface area contributed by atoms with Crippen LogP contribution < -0.4 is 0 Å². The van der Waals surface area contributed by atoms with E-state index in [0.717, 1.165) is 18.7 Å². The second kappa shape index (κ2) is 2.90. The van der Waals surface area contributed by atoms with Crippen LogP contribution in [0.2, 0.25) is 0 Å². The molecule has 0 saturated carbocycles. The van der Waals surface area contributed by atoms with E-state index in [9.17, 15) is 0 Å². The van der Waals surface area contributed by atoms with Crippen LogP contribution in [0.4, 0.5) is 0 Å². The molecule has 0 spiro atoms. The number of tetrazole rings is 1. The third-order valence-electron chi connectivity index (χ3n) is 2.68. The van der Waals surface area contributed by atoms with Crippen LogP contribution in [0, 0.1) is 0 Å². The zero-order valence-corrected chi connectivity index (χ0v) is 7.67. The summed E-state index contributed by atoms with van der Waals surface area (Å²) >= 11 is 0. The Bertz CT molecular complexity index is 434. The molecule has 0 saturated heterocycles. The molecule has 1 aliphatic rings. The summed E-state index contributed by atoms with van der Waals surface area (Å²) in [6.45, 7) is 0. The van der Waals surface area contributed by atoms with Crippen LogP contribution in [0.3, 0.4) is 0 Å². The smallest absolute Gasteiger partial charge is 0.152 e. The molecule has 4 heteroatoms. The lowest BCUT2D eigenvalue weighted by atomic mass is 10.1. The minimum absolute atomic E-state index is 0.334. The maximum Gasteiger partial charge on any atom is 0.152 e. The maximum absolute atomic E-state index is 4.01. The normalized spacial score (nSPS) is 19.6. The standard InChI is InChI=1S/C10H10N4/c1-2-4-8(5-3-1)9-6-7-10-11-12-13-14(9)10/h1-5,9H,6-7H2. The SMILES string of the molecule is c1ccc(C2CCc3nnnn32)cc1. The summed E-state index contributed by atoms with van der Waals surface area (Å²) in [6.07, 6.45) is 2.06. The second-order valence-corrected chi connectivity index (χ2v) is 3.50. The van der Waals surface area contributed by atoms with E-state index in [1.165, 1.54) is 5.56 Å². The molecule has 3 rings (SSSR count). The Labute approximate surface area is 81.6 Å². The molecule has 2 aromatic rings. The number of benzene rings is 1. The van der Waals surface area contributed by atoms with Crippen LogP contribution in [0.5, 0.6) is 0 Å². The highest BCUT2D eigenvalue weighted by Gasteiger charge is 2.25. The minimum atomic E-state index is 0.334. The van der Waals surface area contributed by atoms with Gasteiger partial charge in [-0.2, -0.15) is 0 Å². The zero-order valence-electron chi connectivity index (χ0n) is 7.67. The van der Waals surface area contributed by atoms with Crippen molar-refractivity contribution < 1.29 is 0 Å². The molecule has 0 amide bonds. The van der Waals surface area contributed by atoms with Gasteiger partial charge in [-0.3, -0.25) is 0 Å². The summed E-state index contributed by atoms with van der Waals surface area (Å²) in [4.78, 5) is 0. The second-order valence-electron chi connectivity index (χ2n) is 3.50. The van der Waals surface area contributed by atoms with Crippen LogP contribution >= 0.6 is 0 Å². The van der Waals surface area contributed by atoms with E-state index in [1.54, 1.807) is 0 Å². The van der Waals surface area contributed by atoms with Gasteiger partial charge in [-0.1, -0.05) is 30.3 Å². The van der Waals surface area contributed by atoms with Gasteiger partial charge in [-0.15, -0.1) is 5.10 Å². The van der Waals surface area contributed by atoms with Gasteiger partial charge in [0.25, 0.3) is 0 Å². The van der Waals surface area contributed by atoms with Gasteiger partial charge in [-0.25, -0.2) is 4.68 Å². The van der Waals surface area contributed by atoms with Gasteiger partial charge in [0, 0.05) is 6.42 Å². The van der Waals surface area contributed by atoms with Crippen molar-refractivity contribution in [1.82, 2.24) is 20.2 Å². The average molecular weight is 186 g/mol. The number of hydrogen-bond acceptors (Lipinski definition) is 3. The average Bonchev–Trinajstić information content (AvgIpc) is 2.79. The number of fused-ring (bicyclic) bond motifs is 1. The summed E-state index contributed by atoms with van der Waals surface area (Å²) in [6, 6.07) is 10.7. The van der Waals surface area contributed by atoms with E-state index >= 15 is 0 Å². The van der Waals surface area contributed by atoms with E-state index in [4.69, 9.17) is 0 Å². The highest BCUT2D eigenvalue weighted by Crippen LogP contribution is 2.28. The van der Waals surface area contributed by atoms with Crippen molar-refractivity contribution in [3.8, 4) is 0 Å². The Balaban J connectivity index is 2.03. The number of nitrogens with zero attached hydrogens (tertiary/aromatic N) is 4. The van der Waals surface area contributed by atoms with Crippen molar-refractivity contribution in [2.24, 2.45) is 0 Å². The first-order valence-corrected chi connectivity index (χ1v) is 4.77. The van der Waals surface area contributed by atoms with Crippen molar-refractivity contribution in [3.05, 3.63) is 41.7 Å². The van der Waals surface area contributed by atoms with Crippen molar-refractivity contribution in [2.45, 2.75) is 18.9 Å². The predicted molar refractivity (Wildman–Crippen MR) is 50.7 cm³/mol. The van der Waals surface area contributed by atoms with Crippen LogP contribution in [0.1, 0.15) is 23.9 Å². The third-order valence-corrected chi connectivity index (χ3v) is 2.68. The van der Waals surface area contributed by atoms with E-state index in [2.05, 4.69) is 39.8 Å². The van der Waals surface area contributed by atoms with Gasteiger partial charge in [0.15, 0.2) is 5.82 Å². The van der Waals surface area contributed by atoms with Crippen molar-refractivity contribution in [2.75, 3.05) is 0 Å². The van der Waals surface area contributed by atoms with Gasteiger partial charge in [0.05, 0.1) is 6.04 Å². The van der Waals surface area contributed by atoms with Gasteiger partial charge in [0.2, 0.25) is 0 Å². The molecule has 1 aromatic carbocycles. The summed E-state index contributed by atoms with van der Waals surface area (Å²) in [5.74, 6) is 0.999. The molecule has 0 fully saturated rings. The maximum atomic E-state index is 4.01. The number of aryl methyl sites for hydroxylation is 1. The van der Waals surface area contributed by atoms with Crippen LogP contribution in [-0.2, 0) is 6.42 Å². The molecule has 2 heterocycles. The van der Waals surface area contributed by atoms with E-state index in [-0.39, 0.29) is 0 Å². The quantitative estimate of drug-likeness (QED) is 0.672. The highest BCUT2D eigenvalue weighted by atomic mass is 15.6. The lowest BCUT2D eigenvalue weighted by Crippen LogP contribution is -2.07. The molecule has 1 aliphatic heterocycles. The largest absolute Gasteiger partial charge is 0.222 e. The van der Waals surface area contributed by atoms with Gasteiger partial charge < -0.3 is 0 Å². The zero-order chi connectivity index (χ0) is 9.38. The van der Waals surface area contributed by atoms with Crippen LogP contribution in [0.15, 0.2) is 30.3 Å². The Kier molecular flexibility index (Phi) is 1.59. The number of rotatable bonds is 1. The van der Waals surface area contributed by atoms with E-state index < -0.39 is 0 Å². The number of aromatic nitrogens is 4. The molecule has 0 aliphatic carbocycles. The van der Waals surface area contributed by atoms with Crippen molar-refractivity contribution >= 4 is 0 Å². The van der Waals surface area contributed by atoms with Gasteiger partial charge in [0.1, 0.15) is 0 Å². The fourth-order valence-corrected chi connectivity index (χ4v) is 1.99. The first-order valence-electron chi connectivity index (χ1n) is 4.77. The summed E-state index contributed by atoms with van der Waals surface area (Å²) in [7, 11) is 0. The fraction of sp³-hybridized carbons (Fsp3) is 0.300. The molecule has 1 unspecified atom stereocenters. The molecule has 1 aromatic heterocycles. The lowest BCUT2D eigenvalue weighted by molar-refractivity contribution is 0.532. The predicted octanol–water partition coefficient (Wildman–Crippen LogP) is 1.21. The Hall–Kier alpha value is -1.71. The molecule has 1 atom stereocenters. The Morgan fingerprint density at radius 3 is 2.93 bits per heavy atom. The lowest BCUT2D eigenvalue weighted by Gasteiger charge is -2.09. The molecule has 70 valence electrons. The third kappa shape index (κ3) is 1.04. The molecule has 0 radical (unpaired) electrons. The van der Waals surface area contributed by atoms with Gasteiger partial charge >= 0.3 is 0 Å². The number of hydrogen-bond donors (Lipinski definition) is 0. The molecule has 0 N–H and O–H groups in total. The van der Waals surface area contributed by atoms with Crippen LogP contribution in [0.25, 0.3) is 0 Å². The van der Waals surface area contributed by atoms with Crippen LogP contribution in [-0.4, -0.2) is 20.2 Å². The monoisotopic (exact) mass is 186 g/mol. The fourth-order valence-electron chi connectivity index (χ4n) is 1.99. The Morgan fingerprint density at radius 1 is 1.21 bits per heavy atom. The van der Waals surface area contributed by atoms with E-state index in [0.29, 0.717) is 6.04 Å². The summed E-state index contributed by atoms with van der Waals surface area (Å²) in [5.41, 5.74) is 1.29. The minimum Gasteiger partial charge on any atom is -0.222 e. The van der Waals surface area contributed by atoms with Crippen molar-refractivity contribution in [3.63, 3.8) is 0 Å². The molecular weight excluding hydrogens is 176 g/mol. The summed E-state index contributed by atoms with van der Waals surface area (Å²) in [5, 5.41) is 11.7. The first kappa shape index (κ1) is 7.67. The Morgan fingerprint density at radius 2 is 2.07 bits per heavy atom. The molecule has 4 nitrogen and oxygen atoms in total. The van der Waals surface area contributed by atoms with Crippen molar-refractivity contribution in [1.29, 1.82) is 0 Å². The molecule has 0 bridgehead atoms. The highest BCUT2D eigenvalue weighted by molar-refractivity contribution is 5.21. The summed E-state index contributed by atoms with van der Waals surface area (Å²) < 4.78 is 1.93. The van der Waals surface area contributed by atoms with Gasteiger partial charge in [-0.05, 0) is 22.4 Å².